The second-order valence-corrected chi connectivity index (χ2v) is 33.3. The van der Waals surface area contributed by atoms with E-state index in [-0.39, 0.29) is 11.8 Å². The number of carbonyl (C=O) groups excluding carboxylic acids is 2. The van der Waals surface area contributed by atoms with Crippen LogP contribution in [0.3, 0.4) is 0 Å². The molecule has 0 bridgehead atoms. The molecule has 10 rings (SSSR count). The molecule has 0 N–H and O–H groups in total. The lowest BCUT2D eigenvalue weighted by Gasteiger charge is -2.29. The number of hydrogen-bond acceptors (Lipinski definition) is 8. The zero-order chi connectivity index (χ0) is 69.4. The molecule has 0 saturated heterocycles. The van der Waals surface area contributed by atoms with Crippen LogP contribution in [0.15, 0.2) is 157 Å². The van der Waals surface area contributed by atoms with E-state index in [1.165, 1.54) is 236 Å². The number of rotatable bonds is 50. The van der Waals surface area contributed by atoms with E-state index in [1.54, 1.807) is 45.3 Å². The van der Waals surface area contributed by atoms with Gasteiger partial charge in [0.05, 0.1) is 32.3 Å². The average Bonchev–Trinajstić information content (AvgIpc) is 1.55. The maximum atomic E-state index is 16.5. The molecule has 2 unspecified atom stereocenters. The van der Waals surface area contributed by atoms with Gasteiger partial charge in [-0.3, -0.25) is 9.59 Å². The molecular formula is C90H118N4O2S4. The molecular weight excluding hydrogens is 1300 g/mol. The third-order valence-corrected chi connectivity index (χ3v) is 25.8. The van der Waals surface area contributed by atoms with Gasteiger partial charge >= 0.3 is 0 Å². The Morgan fingerprint density at radius 2 is 0.540 bits per heavy atom. The largest absolute Gasteiger partial charge is 0.304 e. The van der Waals surface area contributed by atoms with Crippen LogP contribution in [0.25, 0.3) is 74.0 Å². The topological polar surface area (TPSA) is 66.4 Å². The van der Waals surface area contributed by atoms with Crippen molar-refractivity contribution in [1.29, 1.82) is 0 Å². The summed E-state index contributed by atoms with van der Waals surface area (Å²) in [5, 5.41) is 1.51. The van der Waals surface area contributed by atoms with E-state index < -0.39 is 0 Å². The highest BCUT2D eigenvalue weighted by Gasteiger charge is 2.51. The molecule has 2 aliphatic rings. The molecule has 0 radical (unpaired) electrons. The average molecular weight is 1420 g/mol. The van der Waals surface area contributed by atoms with Gasteiger partial charge in [-0.15, -0.1) is 45.3 Å². The summed E-state index contributed by atoms with van der Waals surface area (Å²) >= 11 is 6.85. The predicted octanol–water partition coefficient (Wildman–Crippen LogP) is 28.7. The van der Waals surface area contributed by atoms with Crippen LogP contribution < -0.4 is 0 Å². The number of unbranched alkanes of at least 4 members (excludes halogenated alkanes) is 30. The third kappa shape index (κ3) is 22.5. The van der Waals surface area contributed by atoms with Crippen LogP contribution in [0.2, 0.25) is 0 Å². The molecule has 0 aliphatic carbocycles. The molecule has 100 heavy (non-hydrogen) atoms. The quantitative estimate of drug-likeness (QED) is 0.0356. The van der Waals surface area contributed by atoms with Crippen molar-refractivity contribution in [3.05, 3.63) is 167 Å². The maximum Gasteiger partial charge on any atom is 0.261 e. The number of amides is 2. The first-order chi connectivity index (χ1) is 49.3. The van der Waals surface area contributed by atoms with Gasteiger partial charge in [0.1, 0.15) is 10.0 Å². The number of thiazole rings is 2. The van der Waals surface area contributed by atoms with E-state index in [1.807, 2.05) is 12.4 Å². The standard InChI is InChI=1S/C90H118N4O2S4/c1-5-9-13-17-21-24-26-29-33-39-47-69(45-37-31-20-16-12-8-4)67-93-85(87-91-65-81(99-87)79-63-61-77(97-79)75-57-53-73(54-58-75)71-49-41-35-42-50-71)83-84(89(93)95)86(88-92-66-82(100-88)80-64-62-78(98-80)76-59-55-74(56-60-76)72-51-43-36-44-52-72)94(90(83)96)68-70(46-38-32-28-23-19-15-11-7-3)48-40-34-30-27-25-22-18-14-10-6-2/h35-36,41-44,49-66,69-70H,5-34,37-40,45-48,67-68H2,1-4H3. The fraction of sp³-hybridized carbons (Fsp3) is 0.511. The number of carbonyl (C=O) groups is 2. The van der Waals surface area contributed by atoms with Crippen molar-refractivity contribution in [1.82, 2.24) is 19.8 Å². The molecule has 0 spiro atoms. The van der Waals surface area contributed by atoms with Gasteiger partial charge < -0.3 is 9.80 Å². The van der Waals surface area contributed by atoms with Crippen LogP contribution in [0, 0.1) is 11.8 Å². The Labute approximate surface area is 619 Å². The minimum absolute atomic E-state index is 0.0507. The van der Waals surface area contributed by atoms with Gasteiger partial charge in [-0.2, -0.15) is 0 Å². The molecule has 2 amide bonds. The molecule has 4 aromatic carbocycles. The van der Waals surface area contributed by atoms with Crippen molar-refractivity contribution in [3.8, 4) is 62.6 Å². The van der Waals surface area contributed by atoms with Gasteiger partial charge in [0.25, 0.3) is 11.8 Å². The lowest BCUT2D eigenvalue weighted by Crippen LogP contribution is -2.35. The maximum absolute atomic E-state index is 16.5. The minimum atomic E-state index is -0.0515. The van der Waals surface area contributed by atoms with Crippen LogP contribution in [0.4, 0.5) is 0 Å². The lowest BCUT2D eigenvalue weighted by molar-refractivity contribution is -0.124. The molecule has 2 aliphatic heterocycles. The van der Waals surface area contributed by atoms with Gasteiger partial charge in [-0.05, 0) is 95.2 Å². The lowest BCUT2D eigenvalue weighted by atomic mass is 9.93. The Hall–Kier alpha value is -6.04. The van der Waals surface area contributed by atoms with Crippen molar-refractivity contribution in [3.63, 3.8) is 0 Å². The van der Waals surface area contributed by atoms with Crippen LogP contribution >= 0.6 is 45.3 Å². The Kier molecular flexibility index (Phi) is 32.6. The van der Waals surface area contributed by atoms with Crippen molar-refractivity contribution < 1.29 is 9.59 Å². The Morgan fingerprint density at radius 1 is 0.280 bits per heavy atom. The summed E-state index contributed by atoms with van der Waals surface area (Å²) in [6.45, 7) is 10.4. The van der Waals surface area contributed by atoms with Crippen LogP contribution in [0.5, 0.6) is 0 Å². The second kappa shape index (κ2) is 42.5. The van der Waals surface area contributed by atoms with Gasteiger partial charge in [0.15, 0.2) is 0 Å². The summed E-state index contributed by atoms with van der Waals surface area (Å²) in [6, 6.07) is 47.9. The van der Waals surface area contributed by atoms with Gasteiger partial charge in [0.2, 0.25) is 0 Å². The highest BCUT2D eigenvalue weighted by molar-refractivity contribution is 7.24. The monoisotopic (exact) mass is 1410 g/mol. The number of hydrogen-bond donors (Lipinski definition) is 0. The number of aromatic nitrogens is 2. The van der Waals surface area contributed by atoms with E-state index in [2.05, 4.69) is 171 Å². The fourth-order valence-corrected chi connectivity index (χ4v) is 19.3. The van der Waals surface area contributed by atoms with Crippen molar-refractivity contribution in [2.24, 2.45) is 11.8 Å². The Balaban J connectivity index is 1.00. The van der Waals surface area contributed by atoms with Crippen molar-refractivity contribution in [2.75, 3.05) is 13.1 Å². The first kappa shape index (κ1) is 76.6. The summed E-state index contributed by atoms with van der Waals surface area (Å²) in [5.74, 6) is 0.495. The molecule has 534 valence electrons. The van der Waals surface area contributed by atoms with Crippen LogP contribution in [-0.4, -0.2) is 44.7 Å². The van der Waals surface area contributed by atoms with Gasteiger partial charge in [-0.1, -0.05) is 355 Å². The molecule has 8 aromatic rings. The zero-order valence-electron chi connectivity index (χ0n) is 61.5. The van der Waals surface area contributed by atoms with E-state index in [0.717, 1.165) is 92.3 Å². The smallest absolute Gasteiger partial charge is 0.261 e. The van der Waals surface area contributed by atoms with Crippen LogP contribution in [-0.2, 0) is 9.59 Å². The first-order valence-electron chi connectivity index (χ1n) is 39.9. The Morgan fingerprint density at radius 3 is 0.840 bits per heavy atom. The first-order valence-corrected chi connectivity index (χ1v) is 43.2. The minimum Gasteiger partial charge on any atom is -0.304 e. The number of fused-ring (bicyclic) bond motifs is 1. The van der Waals surface area contributed by atoms with Crippen molar-refractivity contribution in [2.45, 2.75) is 272 Å². The van der Waals surface area contributed by atoms with E-state index in [9.17, 15) is 0 Å². The number of thiophene rings is 2. The normalized spacial score (nSPS) is 13.8. The highest BCUT2D eigenvalue weighted by atomic mass is 32.1. The molecule has 0 saturated carbocycles. The SMILES string of the molecule is CCCCCCCCCCCCC(CCCCCCCC)CN1C(=O)C2=C(c3ncc(-c4ccc(-c5ccc(-c6ccccc6)cc5)s4)s3)N(CC(CCCCCCCCCC)CCCCCCCCCCCC)C(=O)C2=C1c1ncc(-c2ccc(-c3ccc(-c4ccccc4)cc3)s2)s1. The summed E-state index contributed by atoms with van der Waals surface area (Å²) in [5.41, 5.74) is 9.73. The number of benzene rings is 4. The molecule has 0 fully saturated rings. The van der Waals surface area contributed by atoms with Crippen LogP contribution in [0.1, 0.15) is 282 Å². The molecule has 10 heteroatoms. The summed E-state index contributed by atoms with van der Waals surface area (Å²) in [4.78, 5) is 54.5. The van der Waals surface area contributed by atoms with Crippen molar-refractivity contribution >= 4 is 68.6 Å². The zero-order valence-corrected chi connectivity index (χ0v) is 64.8. The second-order valence-electron chi connectivity index (χ2n) is 29.0. The summed E-state index contributed by atoms with van der Waals surface area (Å²) in [6.07, 6.45) is 51.9. The Bertz CT molecular complexity index is 3720. The summed E-state index contributed by atoms with van der Waals surface area (Å²) in [7, 11) is 0. The molecule has 2 atom stereocenters. The number of nitrogens with zero attached hydrogens (tertiary/aromatic N) is 4. The third-order valence-electron chi connectivity index (χ3n) is 21.1. The molecule has 6 heterocycles. The van der Waals surface area contributed by atoms with E-state index in [0.29, 0.717) is 36.1 Å². The summed E-state index contributed by atoms with van der Waals surface area (Å²) < 4.78 is 0. The highest BCUT2D eigenvalue weighted by Crippen LogP contribution is 2.51. The predicted molar refractivity (Wildman–Crippen MR) is 435 cm³/mol. The van der Waals surface area contributed by atoms with Gasteiger partial charge in [-0.25, -0.2) is 9.97 Å². The van der Waals surface area contributed by atoms with E-state index in [4.69, 9.17) is 9.97 Å². The molecule has 4 aromatic heterocycles. The van der Waals surface area contributed by atoms with E-state index >= 15 is 9.59 Å². The fourth-order valence-electron chi connectivity index (χ4n) is 15.1. The molecule has 6 nitrogen and oxygen atoms in total. The van der Waals surface area contributed by atoms with Gasteiger partial charge in [0, 0.05) is 45.0 Å².